The number of carbonyl (C=O) groups excluding carboxylic acids is 1. The van der Waals surface area contributed by atoms with Crippen LogP contribution in [0.3, 0.4) is 0 Å². The Balaban J connectivity index is 1.40. The molecule has 0 amide bonds. The first kappa shape index (κ1) is 19.6. The maximum absolute atomic E-state index is 12.7. The summed E-state index contributed by atoms with van der Waals surface area (Å²) in [4.78, 5) is 19.7. The summed E-state index contributed by atoms with van der Waals surface area (Å²) < 4.78 is 13.1. The van der Waals surface area contributed by atoms with Crippen molar-refractivity contribution in [3.8, 4) is 17.2 Å². The highest BCUT2D eigenvalue weighted by atomic mass is 16.5. The van der Waals surface area contributed by atoms with E-state index in [0.29, 0.717) is 0 Å². The number of phenols is 2. The quantitative estimate of drug-likeness (QED) is 0.483. The summed E-state index contributed by atoms with van der Waals surface area (Å²) in [5.41, 5.74) is 1.89. The molecule has 2 aromatic heterocycles. The molecule has 1 saturated heterocycles. The molecule has 1 aromatic carbocycles. The Labute approximate surface area is 178 Å². The van der Waals surface area contributed by atoms with Crippen molar-refractivity contribution in [3.05, 3.63) is 53.5 Å². The second-order valence-electron chi connectivity index (χ2n) is 7.71. The fourth-order valence-electron chi connectivity index (χ4n) is 4.09. The van der Waals surface area contributed by atoms with Crippen LogP contribution >= 0.6 is 0 Å². The summed E-state index contributed by atoms with van der Waals surface area (Å²) in [6, 6.07) is 6.55. The molecule has 2 aliphatic heterocycles. The summed E-state index contributed by atoms with van der Waals surface area (Å²) in [5, 5.41) is 20.6. The summed E-state index contributed by atoms with van der Waals surface area (Å²) in [7, 11) is 0. The van der Waals surface area contributed by atoms with E-state index in [9.17, 15) is 15.0 Å². The van der Waals surface area contributed by atoms with Gasteiger partial charge in [-0.05, 0) is 36.8 Å². The van der Waals surface area contributed by atoms with Gasteiger partial charge in [-0.25, -0.2) is 4.98 Å². The van der Waals surface area contributed by atoms with Gasteiger partial charge < -0.3 is 24.3 Å². The van der Waals surface area contributed by atoms with Crippen LogP contribution in [0.2, 0.25) is 0 Å². The number of benzene rings is 1. The summed E-state index contributed by atoms with van der Waals surface area (Å²) in [5.74, 6) is -0.992. The Hall–Kier alpha value is -3.36. The van der Waals surface area contributed by atoms with Gasteiger partial charge in [0, 0.05) is 49.5 Å². The van der Waals surface area contributed by atoms with E-state index in [1.165, 1.54) is 12.1 Å². The zero-order chi connectivity index (χ0) is 21.4. The van der Waals surface area contributed by atoms with Crippen LogP contribution in [0.4, 0.5) is 0 Å². The minimum Gasteiger partial charge on any atom is -0.504 e. The third kappa shape index (κ3) is 3.64. The number of pyridine rings is 1. The number of ketones is 1. The number of nitrogens with zero attached hydrogens (tertiary/aromatic N) is 3. The molecule has 2 aliphatic rings. The van der Waals surface area contributed by atoms with Gasteiger partial charge in [0.2, 0.25) is 11.5 Å². The molecule has 0 spiro atoms. The minimum atomic E-state index is -0.429. The second kappa shape index (κ2) is 8.05. The number of hydrogen-bond acceptors (Lipinski definition) is 7. The normalized spacial score (nSPS) is 17.9. The van der Waals surface area contributed by atoms with Gasteiger partial charge in [-0.2, -0.15) is 0 Å². The minimum absolute atomic E-state index is 0.0105. The van der Waals surface area contributed by atoms with Crippen LogP contribution in [-0.2, 0) is 11.3 Å². The molecular weight excluding hydrogens is 398 g/mol. The number of allylic oxidation sites excluding steroid dienone is 1. The van der Waals surface area contributed by atoms with Crippen LogP contribution in [0.1, 0.15) is 22.3 Å². The van der Waals surface area contributed by atoms with Crippen LogP contribution in [-0.4, -0.2) is 63.3 Å². The Bertz CT molecular complexity index is 1180. The number of hydrogen-bond donors (Lipinski definition) is 2. The van der Waals surface area contributed by atoms with Gasteiger partial charge >= 0.3 is 0 Å². The highest BCUT2D eigenvalue weighted by Crippen LogP contribution is 2.44. The number of fused-ring (bicyclic) bond motifs is 2. The third-order valence-electron chi connectivity index (χ3n) is 5.72. The maximum atomic E-state index is 12.7. The van der Waals surface area contributed by atoms with Gasteiger partial charge in [-0.1, -0.05) is 0 Å². The van der Waals surface area contributed by atoms with Crippen molar-refractivity contribution < 1.29 is 24.5 Å². The number of morpholine rings is 1. The molecule has 8 nitrogen and oxygen atoms in total. The molecule has 2 N–H and O–H groups in total. The van der Waals surface area contributed by atoms with E-state index in [2.05, 4.69) is 14.5 Å². The molecule has 160 valence electrons. The van der Waals surface area contributed by atoms with Crippen molar-refractivity contribution in [2.24, 2.45) is 0 Å². The zero-order valence-corrected chi connectivity index (χ0v) is 17.0. The van der Waals surface area contributed by atoms with Crippen molar-refractivity contribution in [1.29, 1.82) is 0 Å². The lowest BCUT2D eigenvalue weighted by Gasteiger charge is -2.26. The number of aromatic hydroxyl groups is 2. The third-order valence-corrected chi connectivity index (χ3v) is 5.72. The molecule has 0 unspecified atom stereocenters. The van der Waals surface area contributed by atoms with E-state index in [1.54, 1.807) is 12.3 Å². The molecule has 0 aliphatic carbocycles. The molecule has 0 atom stereocenters. The molecule has 5 rings (SSSR count). The standard InChI is InChI=1S/C23H23N3O5/c27-18-5-4-17-20(28)19(31-22(17)21(18)29)13-15-14-26(23-16(15)3-1-6-24-23)8-2-7-25-9-11-30-12-10-25/h1,3-6,13-14,27,29H,2,7-12H2. The van der Waals surface area contributed by atoms with Crippen LogP contribution < -0.4 is 4.74 Å². The fourth-order valence-corrected chi connectivity index (χ4v) is 4.09. The largest absolute Gasteiger partial charge is 0.504 e. The van der Waals surface area contributed by atoms with Crippen molar-refractivity contribution in [3.63, 3.8) is 0 Å². The topological polar surface area (TPSA) is 97.1 Å². The van der Waals surface area contributed by atoms with Gasteiger partial charge in [0.1, 0.15) is 5.65 Å². The first-order chi connectivity index (χ1) is 15.1. The highest BCUT2D eigenvalue weighted by molar-refractivity contribution is 6.15. The van der Waals surface area contributed by atoms with Crippen LogP contribution in [0, 0.1) is 0 Å². The number of rotatable bonds is 5. The van der Waals surface area contributed by atoms with Crippen molar-refractivity contribution in [2.75, 3.05) is 32.8 Å². The second-order valence-corrected chi connectivity index (χ2v) is 7.71. The zero-order valence-electron chi connectivity index (χ0n) is 17.0. The molecule has 31 heavy (non-hydrogen) atoms. The van der Waals surface area contributed by atoms with Crippen molar-refractivity contribution in [1.82, 2.24) is 14.5 Å². The predicted molar refractivity (Wildman–Crippen MR) is 114 cm³/mol. The molecule has 0 bridgehead atoms. The smallest absolute Gasteiger partial charge is 0.232 e. The molecule has 8 heteroatoms. The first-order valence-electron chi connectivity index (χ1n) is 10.3. The van der Waals surface area contributed by atoms with E-state index >= 15 is 0 Å². The SMILES string of the molecule is O=C1C(=Cc2cn(CCCN3CCOCC3)c3ncccc23)Oc2c1ccc(O)c2O. The van der Waals surface area contributed by atoms with Gasteiger partial charge in [0.05, 0.1) is 18.8 Å². The Morgan fingerprint density at radius 1 is 1.13 bits per heavy atom. The Kier molecular flexibility index (Phi) is 5.09. The van der Waals surface area contributed by atoms with Crippen LogP contribution in [0.5, 0.6) is 17.2 Å². The number of aromatic nitrogens is 2. The highest BCUT2D eigenvalue weighted by Gasteiger charge is 2.31. The summed E-state index contributed by atoms with van der Waals surface area (Å²) >= 11 is 0. The average molecular weight is 421 g/mol. The van der Waals surface area contributed by atoms with Gasteiger partial charge in [0.25, 0.3) is 0 Å². The molecule has 0 radical (unpaired) electrons. The summed E-state index contributed by atoms with van der Waals surface area (Å²) in [6.07, 6.45) is 6.37. The van der Waals surface area contributed by atoms with E-state index in [-0.39, 0.29) is 28.6 Å². The van der Waals surface area contributed by atoms with Crippen molar-refractivity contribution >= 4 is 22.9 Å². The lowest BCUT2D eigenvalue weighted by Crippen LogP contribution is -2.37. The van der Waals surface area contributed by atoms with Gasteiger partial charge in [0.15, 0.2) is 17.3 Å². The molecule has 0 saturated carbocycles. The van der Waals surface area contributed by atoms with Gasteiger partial charge in [-0.3, -0.25) is 9.69 Å². The van der Waals surface area contributed by atoms with Gasteiger partial charge in [-0.15, -0.1) is 0 Å². The molecule has 1 fully saturated rings. The predicted octanol–water partition coefficient (Wildman–Crippen LogP) is 2.79. The fraction of sp³-hybridized carbons (Fsp3) is 0.304. The average Bonchev–Trinajstić information content (AvgIpc) is 3.30. The van der Waals surface area contributed by atoms with Crippen LogP contribution in [0.15, 0.2) is 42.4 Å². The molecule has 3 aromatic rings. The number of phenolic OH excluding ortho intramolecular Hbond substituents is 2. The summed E-state index contributed by atoms with van der Waals surface area (Å²) in [6.45, 7) is 5.30. The molecular formula is C23H23N3O5. The number of ether oxygens (including phenoxy) is 2. The Morgan fingerprint density at radius 2 is 1.97 bits per heavy atom. The van der Waals surface area contributed by atoms with Crippen molar-refractivity contribution in [2.45, 2.75) is 13.0 Å². The number of Topliss-reactive ketones (excluding diaryl/α,β-unsaturated/α-hetero) is 1. The lowest BCUT2D eigenvalue weighted by molar-refractivity contribution is 0.0369. The van der Waals surface area contributed by atoms with E-state index in [4.69, 9.17) is 9.47 Å². The van der Waals surface area contributed by atoms with Crippen LogP contribution in [0.25, 0.3) is 17.1 Å². The van der Waals surface area contributed by atoms with E-state index in [1.807, 2.05) is 18.3 Å². The van der Waals surface area contributed by atoms with E-state index < -0.39 is 5.75 Å². The first-order valence-corrected chi connectivity index (χ1v) is 10.3. The number of aryl methyl sites for hydroxylation is 1. The maximum Gasteiger partial charge on any atom is 0.232 e. The monoisotopic (exact) mass is 421 g/mol. The molecule has 4 heterocycles. The lowest BCUT2D eigenvalue weighted by atomic mass is 10.1. The number of carbonyl (C=O) groups is 1. The van der Waals surface area contributed by atoms with E-state index in [0.717, 1.165) is 62.4 Å². The Morgan fingerprint density at radius 3 is 2.81 bits per heavy atom.